The molecule has 0 radical (unpaired) electrons. The van der Waals surface area contributed by atoms with Crippen molar-refractivity contribution in [1.29, 1.82) is 0 Å². The lowest BCUT2D eigenvalue weighted by atomic mass is 10.1. The van der Waals surface area contributed by atoms with Gasteiger partial charge in [-0.05, 0) is 24.3 Å². The maximum absolute atomic E-state index is 5.82. The Morgan fingerprint density at radius 2 is 1.87 bits per heavy atom. The van der Waals surface area contributed by atoms with Crippen LogP contribution < -0.4 is 5.32 Å². The predicted octanol–water partition coefficient (Wildman–Crippen LogP) is 3.44. The number of hydrogen-bond donors (Lipinski definition) is 1. The van der Waals surface area contributed by atoms with Crippen LogP contribution in [0, 0.1) is 0 Å². The Morgan fingerprint density at radius 3 is 2.53 bits per heavy atom. The largest absolute Gasteiger partial charge is 0.388 e. The summed E-state index contributed by atoms with van der Waals surface area (Å²) in [5, 5.41) is 3.82. The van der Waals surface area contributed by atoms with Gasteiger partial charge in [-0.2, -0.15) is 0 Å². The van der Waals surface area contributed by atoms with Crippen LogP contribution in [0.2, 0.25) is 5.02 Å². The van der Waals surface area contributed by atoms with Crippen LogP contribution in [0.1, 0.15) is 0 Å². The molecule has 2 nitrogen and oxygen atoms in total. The molecule has 0 saturated heterocycles. The first-order valence-electron chi connectivity index (χ1n) is 4.69. The van der Waals surface area contributed by atoms with E-state index in [2.05, 4.69) is 10.3 Å². The molecule has 0 atom stereocenters. The van der Waals surface area contributed by atoms with E-state index in [9.17, 15) is 0 Å². The van der Waals surface area contributed by atoms with E-state index in [0.29, 0.717) is 0 Å². The number of hydrogen-bond acceptors (Lipinski definition) is 2. The van der Waals surface area contributed by atoms with Crippen LogP contribution in [0.5, 0.6) is 0 Å². The molecular weight excluding hydrogens is 208 g/mol. The Kier molecular flexibility index (Phi) is 2.88. The highest BCUT2D eigenvalue weighted by Crippen LogP contribution is 2.21. The molecule has 0 spiro atoms. The molecule has 1 N–H and O–H groups in total. The Balaban J connectivity index is 2.40. The van der Waals surface area contributed by atoms with Crippen molar-refractivity contribution in [3.05, 3.63) is 47.6 Å². The number of anilines is 1. The number of halogens is 1. The van der Waals surface area contributed by atoms with Crippen LogP contribution in [-0.2, 0) is 0 Å². The van der Waals surface area contributed by atoms with Crippen molar-refractivity contribution >= 4 is 17.3 Å². The van der Waals surface area contributed by atoms with Crippen LogP contribution in [0.4, 0.5) is 5.69 Å². The lowest BCUT2D eigenvalue weighted by Crippen LogP contribution is -1.90. The van der Waals surface area contributed by atoms with Gasteiger partial charge >= 0.3 is 0 Å². The van der Waals surface area contributed by atoms with Crippen LogP contribution in [0.25, 0.3) is 11.3 Å². The standard InChI is InChI=1S/C12H11ClN2/c1-14-11-6-7-15-12(8-11)9-2-4-10(13)5-3-9/h2-8H,1H3,(H,14,15). The fourth-order valence-corrected chi connectivity index (χ4v) is 1.49. The first-order chi connectivity index (χ1) is 7.29. The summed E-state index contributed by atoms with van der Waals surface area (Å²) in [6, 6.07) is 11.6. The maximum Gasteiger partial charge on any atom is 0.0722 e. The minimum atomic E-state index is 0.739. The maximum atomic E-state index is 5.82. The third kappa shape index (κ3) is 2.28. The molecule has 2 aromatic rings. The Morgan fingerprint density at radius 1 is 1.13 bits per heavy atom. The van der Waals surface area contributed by atoms with Crippen LogP contribution in [0.15, 0.2) is 42.6 Å². The molecule has 0 amide bonds. The molecule has 3 heteroatoms. The van der Waals surface area contributed by atoms with E-state index in [4.69, 9.17) is 11.6 Å². The molecule has 0 saturated carbocycles. The predicted molar refractivity (Wildman–Crippen MR) is 64.2 cm³/mol. The zero-order valence-corrected chi connectivity index (χ0v) is 9.12. The Labute approximate surface area is 93.9 Å². The second-order valence-electron chi connectivity index (χ2n) is 3.19. The van der Waals surface area contributed by atoms with E-state index in [1.807, 2.05) is 43.4 Å². The monoisotopic (exact) mass is 218 g/mol. The number of aromatic nitrogens is 1. The van der Waals surface area contributed by atoms with Crippen molar-refractivity contribution in [1.82, 2.24) is 4.98 Å². The van der Waals surface area contributed by atoms with Gasteiger partial charge in [0.25, 0.3) is 0 Å². The quantitative estimate of drug-likeness (QED) is 0.835. The van der Waals surface area contributed by atoms with Crippen LogP contribution in [-0.4, -0.2) is 12.0 Å². The summed E-state index contributed by atoms with van der Waals surface area (Å²) in [5.74, 6) is 0. The van der Waals surface area contributed by atoms with E-state index in [1.165, 1.54) is 0 Å². The highest BCUT2D eigenvalue weighted by atomic mass is 35.5. The highest BCUT2D eigenvalue weighted by molar-refractivity contribution is 6.30. The van der Waals surface area contributed by atoms with E-state index in [-0.39, 0.29) is 0 Å². The minimum Gasteiger partial charge on any atom is -0.388 e. The summed E-state index contributed by atoms with van der Waals surface area (Å²) in [6.45, 7) is 0. The van der Waals surface area contributed by atoms with E-state index < -0.39 is 0 Å². The molecule has 0 aliphatic rings. The highest BCUT2D eigenvalue weighted by Gasteiger charge is 1.99. The van der Waals surface area contributed by atoms with Crippen molar-refractivity contribution in [3.63, 3.8) is 0 Å². The second-order valence-corrected chi connectivity index (χ2v) is 3.62. The summed E-state index contributed by atoms with van der Waals surface area (Å²) in [5.41, 5.74) is 3.06. The number of rotatable bonds is 2. The number of pyridine rings is 1. The fraction of sp³-hybridized carbons (Fsp3) is 0.0833. The van der Waals surface area contributed by atoms with Crippen LogP contribution in [0.3, 0.4) is 0 Å². The third-order valence-electron chi connectivity index (χ3n) is 2.19. The lowest BCUT2D eigenvalue weighted by Gasteiger charge is -2.03. The minimum absolute atomic E-state index is 0.739. The van der Waals surface area contributed by atoms with Gasteiger partial charge in [-0.3, -0.25) is 4.98 Å². The molecule has 15 heavy (non-hydrogen) atoms. The first-order valence-corrected chi connectivity index (χ1v) is 5.07. The number of benzene rings is 1. The topological polar surface area (TPSA) is 24.9 Å². The first kappa shape index (κ1) is 9.99. The van der Waals surface area contributed by atoms with Crippen LogP contribution >= 0.6 is 11.6 Å². The zero-order chi connectivity index (χ0) is 10.7. The summed E-state index contributed by atoms with van der Waals surface area (Å²) < 4.78 is 0. The van der Waals surface area contributed by atoms with Gasteiger partial charge in [0, 0.05) is 29.5 Å². The van der Waals surface area contributed by atoms with Gasteiger partial charge in [0.05, 0.1) is 5.69 Å². The SMILES string of the molecule is CNc1ccnc(-c2ccc(Cl)cc2)c1. The summed E-state index contributed by atoms with van der Waals surface area (Å²) in [7, 11) is 1.89. The second kappa shape index (κ2) is 4.32. The summed E-state index contributed by atoms with van der Waals surface area (Å²) in [6.07, 6.45) is 1.79. The van der Waals surface area contributed by atoms with Gasteiger partial charge in [0.15, 0.2) is 0 Å². The molecule has 0 bridgehead atoms. The van der Waals surface area contributed by atoms with Gasteiger partial charge in [-0.25, -0.2) is 0 Å². The number of nitrogens with one attached hydrogen (secondary N) is 1. The van der Waals surface area contributed by atoms with E-state index >= 15 is 0 Å². The van der Waals surface area contributed by atoms with Crippen molar-refractivity contribution in [2.45, 2.75) is 0 Å². The molecule has 0 aliphatic heterocycles. The fourth-order valence-electron chi connectivity index (χ4n) is 1.36. The van der Waals surface area contributed by atoms with E-state index in [0.717, 1.165) is 22.0 Å². The summed E-state index contributed by atoms with van der Waals surface area (Å²) in [4.78, 5) is 4.30. The lowest BCUT2D eigenvalue weighted by molar-refractivity contribution is 1.31. The van der Waals surface area contributed by atoms with Gasteiger partial charge < -0.3 is 5.32 Å². The average Bonchev–Trinajstić information content (AvgIpc) is 2.30. The van der Waals surface area contributed by atoms with Crippen molar-refractivity contribution in [2.24, 2.45) is 0 Å². The number of nitrogens with zero attached hydrogens (tertiary/aromatic N) is 1. The molecule has 0 aliphatic carbocycles. The van der Waals surface area contributed by atoms with Gasteiger partial charge in [0.1, 0.15) is 0 Å². The van der Waals surface area contributed by atoms with Gasteiger partial charge in [-0.1, -0.05) is 23.7 Å². The molecule has 0 fully saturated rings. The van der Waals surface area contributed by atoms with Crippen molar-refractivity contribution in [3.8, 4) is 11.3 Å². The summed E-state index contributed by atoms with van der Waals surface area (Å²) >= 11 is 5.82. The normalized spacial score (nSPS) is 10.0. The van der Waals surface area contributed by atoms with Crippen molar-refractivity contribution < 1.29 is 0 Å². The third-order valence-corrected chi connectivity index (χ3v) is 2.44. The zero-order valence-electron chi connectivity index (χ0n) is 8.37. The van der Waals surface area contributed by atoms with Gasteiger partial charge in [-0.15, -0.1) is 0 Å². The Hall–Kier alpha value is -1.54. The molecular formula is C12H11ClN2. The average molecular weight is 219 g/mol. The van der Waals surface area contributed by atoms with Gasteiger partial charge in [0.2, 0.25) is 0 Å². The molecule has 76 valence electrons. The molecule has 0 unspecified atom stereocenters. The Bertz CT molecular complexity index is 451. The molecule has 1 aromatic carbocycles. The molecule has 1 aromatic heterocycles. The smallest absolute Gasteiger partial charge is 0.0722 e. The van der Waals surface area contributed by atoms with E-state index in [1.54, 1.807) is 6.20 Å². The molecule has 1 heterocycles. The van der Waals surface area contributed by atoms with Crippen molar-refractivity contribution in [2.75, 3.05) is 12.4 Å². The molecule has 2 rings (SSSR count).